The number of rotatable bonds is 3. The normalized spacial score (nSPS) is 19.7. The first kappa shape index (κ1) is 16.8. The van der Waals surface area contributed by atoms with Gasteiger partial charge in [0.15, 0.2) is 0 Å². The van der Waals surface area contributed by atoms with E-state index in [0.717, 1.165) is 29.5 Å². The maximum Gasteiger partial charge on any atom is 0.243 e. The summed E-state index contributed by atoms with van der Waals surface area (Å²) in [6.07, 6.45) is 1.98. The van der Waals surface area contributed by atoms with Gasteiger partial charge in [-0.1, -0.05) is 19.9 Å². The lowest BCUT2D eigenvalue weighted by atomic mass is 9.85. The molecule has 0 saturated carbocycles. The first-order valence-electron chi connectivity index (χ1n) is 7.34. The zero-order chi connectivity index (χ0) is 15.8. The molecule has 1 aromatic rings. The van der Waals surface area contributed by atoms with E-state index in [1.807, 2.05) is 19.9 Å². The third kappa shape index (κ3) is 3.43. The van der Waals surface area contributed by atoms with Crippen LogP contribution in [-0.4, -0.2) is 25.8 Å². The molecule has 0 radical (unpaired) electrons. The Morgan fingerprint density at radius 2 is 1.90 bits per heavy atom. The van der Waals surface area contributed by atoms with Crippen LogP contribution < -0.4 is 0 Å². The van der Waals surface area contributed by atoms with E-state index in [9.17, 15) is 8.42 Å². The quantitative estimate of drug-likeness (QED) is 0.790. The summed E-state index contributed by atoms with van der Waals surface area (Å²) in [5.41, 5.74) is 2.77. The van der Waals surface area contributed by atoms with Crippen molar-refractivity contribution in [3.8, 4) is 0 Å². The molecule has 118 valence electrons. The van der Waals surface area contributed by atoms with Crippen LogP contribution in [0.1, 0.15) is 43.4 Å². The van der Waals surface area contributed by atoms with Crippen LogP contribution in [-0.2, 0) is 15.9 Å². The highest BCUT2D eigenvalue weighted by atomic mass is 35.5. The minimum atomic E-state index is -3.44. The first-order valence-corrected chi connectivity index (χ1v) is 9.31. The summed E-state index contributed by atoms with van der Waals surface area (Å²) < 4.78 is 27.5. The SMILES string of the molecule is Cc1cc(C)c(S(=O)(=O)N2CCCC(C)(C)C2)cc1CCl. The van der Waals surface area contributed by atoms with Gasteiger partial charge in [-0.3, -0.25) is 0 Å². The Bertz CT molecular complexity index is 638. The number of sulfonamides is 1. The molecule has 0 atom stereocenters. The van der Waals surface area contributed by atoms with Crippen LogP contribution in [0.5, 0.6) is 0 Å². The summed E-state index contributed by atoms with van der Waals surface area (Å²) in [7, 11) is -3.44. The van der Waals surface area contributed by atoms with Crippen molar-refractivity contribution >= 4 is 21.6 Å². The van der Waals surface area contributed by atoms with Gasteiger partial charge >= 0.3 is 0 Å². The second-order valence-corrected chi connectivity index (χ2v) is 8.96. The molecule has 1 aliphatic rings. The number of aryl methyl sites for hydroxylation is 2. The second kappa shape index (κ2) is 5.90. The van der Waals surface area contributed by atoms with Crippen LogP contribution in [0.25, 0.3) is 0 Å². The molecule has 5 heteroatoms. The smallest absolute Gasteiger partial charge is 0.207 e. The Morgan fingerprint density at radius 1 is 1.24 bits per heavy atom. The topological polar surface area (TPSA) is 37.4 Å². The van der Waals surface area contributed by atoms with Crippen molar-refractivity contribution in [2.24, 2.45) is 5.41 Å². The van der Waals surface area contributed by atoms with Gasteiger partial charge in [0.05, 0.1) is 4.90 Å². The molecule has 1 fully saturated rings. The predicted octanol–water partition coefficient (Wildman–Crippen LogP) is 3.85. The van der Waals surface area contributed by atoms with Crippen molar-refractivity contribution in [3.63, 3.8) is 0 Å². The van der Waals surface area contributed by atoms with Crippen LogP contribution in [0.4, 0.5) is 0 Å². The minimum Gasteiger partial charge on any atom is -0.207 e. The number of halogens is 1. The molecule has 1 aliphatic heterocycles. The fourth-order valence-electron chi connectivity index (χ4n) is 3.01. The summed E-state index contributed by atoms with van der Waals surface area (Å²) in [5, 5.41) is 0. The van der Waals surface area contributed by atoms with Crippen molar-refractivity contribution in [1.82, 2.24) is 4.31 Å². The number of piperidine rings is 1. The van der Waals surface area contributed by atoms with E-state index in [1.54, 1.807) is 10.4 Å². The maximum atomic E-state index is 13.0. The molecule has 0 aliphatic carbocycles. The standard InChI is InChI=1S/C16H24ClNO2S/c1-12-8-13(2)15(9-14(12)10-17)21(19,20)18-7-5-6-16(3,4)11-18/h8-9H,5-7,10-11H2,1-4H3. The number of hydrogen-bond acceptors (Lipinski definition) is 2. The molecule has 3 nitrogen and oxygen atoms in total. The van der Waals surface area contributed by atoms with E-state index >= 15 is 0 Å². The predicted molar refractivity (Wildman–Crippen MR) is 87.2 cm³/mol. The zero-order valence-electron chi connectivity index (χ0n) is 13.2. The second-order valence-electron chi connectivity index (χ2n) is 6.78. The summed E-state index contributed by atoms with van der Waals surface area (Å²) >= 11 is 5.93. The number of benzene rings is 1. The van der Waals surface area contributed by atoms with Crippen LogP contribution in [0.15, 0.2) is 17.0 Å². The van der Waals surface area contributed by atoms with E-state index < -0.39 is 10.0 Å². The number of alkyl halides is 1. The average Bonchev–Trinajstić information content (AvgIpc) is 2.37. The molecule has 0 spiro atoms. The lowest BCUT2D eigenvalue weighted by molar-refractivity contribution is 0.187. The molecular formula is C16H24ClNO2S. The summed E-state index contributed by atoms with van der Waals surface area (Å²) in [5.74, 6) is 0.333. The summed E-state index contributed by atoms with van der Waals surface area (Å²) in [4.78, 5) is 0.404. The van der Waals surface area contributed by atoms with Gasteiger partial charge < -0.3 is 0 Å². The van der Waals surface area contributed by atoms with Gasteiger partial charge in [-0.2, -0.15) is 4.31 Å². The van der Waals surface area contributed by atoms with Gasteiger partial charge in [0.25, 0.3) is 0 Å². The lowest BCUT2D eigenvalue weighted by Crippen LogP contribution is -2.43. The van der Waals surface area contributed by atoms with Crippen LogP contribution in [0, 0.1) is 19.3 Å². The Balaban J connectivity index is 2.44. The van der Waals surface area contributed by atoms with E-state index in [-0.39, 0.29) is 5.41 Å². The number of nitrogens with zero attached hydrogens (tertiary/aromatic N) is 1. The molecule has 21 heavy (non-hydrogen) atoms. The number of hydrogen-bond donors (Lipinski definition) is 0. The van der Waals surface area contributed by atoms with E-state index in [0.29, 0.717) is 23.9 Å². The van der Waals surface area contributed by atoms with Crippen molar-refractivity contribution < 1.29 is 8.42 Å². The molecule has 1 heterocycles. The monoisotopic (exact) mass is 329 g/mol. The van der Waals surface area contributed by atoms with Crippen LogP contribution in [0.2, 0.25) is 0 Å². The summed E-state index contributed by atoms with van der Waals surface area (Å²) in [6, 6.07) is 3.66. The van der Waals surface area contributed by atoms with E-state index in [4.69, 9.17) is 11.6 Å². The minimum absolute atomic E-state index is 0.0409. The summed E-state index contributed by atoms with van der Waals surface area (Å²) in [6.45, 7) is 9.26. The molecule has 0 aromatic heterocycles. The highest BCUT2D eigenvalue weighted by Gasteiger charge is 2.34. The Labute approximate surface area is 133 Å². The Kier molecular flexibility index (Phi) is 4.72. The molecule has 0 N–H and O–H groups in total. The largest absolute Gasteiger partial charge is 0.243 e. The lowest BCUT2D eigenvalue weighted by Gasteiger charge is -2.37. The highest BCUT2D eigenvalue weighted by molar-refractivity contribution is 7.89. The van der Waals surface area contributed by atoms with Crippen molar-refractivity contribution in [3.05, 3.63) is 28.8 Å². The van der Waals surface area contributed by atoms with Crippen molar-refractivity contribution in [2.45, 2.75) is 51.3 Å². The van der Waals surface area contributed by atoms with Gasteiger partial charge in [-0.15, -0.1) is 11.6 Å². The Hall–Kier alpha value is -0.580. The third-order valence-corrected chi connectivity index (χ3v) is 6.54. The van der Waals surface area contributed by atoms with Gasteiger partial charge in [-0.25, -0.2) is 8.42 Å². The third-order valence-electron chi connectivity index (χ3n) is 4.26. The van der Waals surface area contributed by atoms with E-state index in [1.165, 1.54) is 0 Å². The molecule has 0 unspecified atom stereocenters. The molecule has 0 amide bonds. The van der Waals surface area contributed by atoms with Gasteiger partial charge in [0, 0.05) is 19.0 Å². The fourth-order valence-corrected chi connectivity index (χ4v) is 5.22. The highest BCUT2D eigenvalue weighted by Crippen LogP contribution is 2.33. The zero-order valence-corrected chi connectivity index (χ0v) is 14.8. The average molecular weight is 330 g/mol. The molecule has 0 bridgehead atoms. The Morgan fingerprint density at radius 3 is 2.48 bits per heavy atom. The molecule has 2 rings (SSSR count). The maximum absolute atomic E-state index is 13.0. The van der Waals surface area contributed by atoms with Crippen LogP contribution >= 0.6 is 11.6 Å². The van der Waals surface area contributed by atoms with Gasteiger partial charge in [0.1, 0.15) is 0 Å². The molecule has 1 aromatic carbocycles. The van der Waals surface area contributed by atoms with Crippen LogP contribution in [0.3, 0.4) is 0 Å². The van der Waals surface area contributed by atoms with Gasteiger partial charge in [0.2, 0.25) is 10.0 Å². The molecular weight excluding hydrogens is 306 g/mol. The van der Waals surface area contributed by atoms with E-state index in [2.05, 4.69) is 13.8 Å². The van der Waals surface area contributed by atoms with Crippen molar-refractivity contribution in [1.29, 1.82) is 0 Å². The fraction of sp³-hybridized carbons (Fsp3) is 0.625. The van der Waals surface area contributed by atoms with Crippen molar-refractivity contribution in [2.75, 3.05) is 13.1 Å². The molecule has 1 saturated heterocycles. The first-order chi connectivity index (χ1) is 9.67. The van der Waals surface area contributed by atoms with Gasteiger partial charge in [-0.05, 0) is 54.9 Å².